The monoisotopic (exact) mass is 633 g/mol. The molecule has 0 aliphatic carbocycles. The normalized spacial score (nSPS) is 11.7. The summed E-state index contributed by atoms with van der Waals surface area (Å²) in [5.74, 6) is 0.194. The molecule has 3 aromatic carbocycles. The number of furan rings is 1. The number of halogens is 2. The summed E-state index contributed by atoms with van der Waals surface area (Å²) < 4.78 is 51.7. The second-order valence-corrected chi connectivity index (χ2v) is 12.4. The molecular formula is C31H25ClFN5O5S. The number of amides is 1. The average molecular weight is 634 g/mol. The first-order valence-corrected chi connectivity index (χ1v) is 15.4. The predicted molar refractivity (Wildman–Crippen MR) is 168 cm³/mol. The highest BCUT2D eigenvalue weighted by atomic mass is 35.5. The number of pyridine rings is 1. The molecule has 2 N–H and O–H groups in total. The highest BCUT2D eigenvalue weighted by Gasteiger charge is 2.26. The molecule has 44 heavy (non-hydrogen) atoms. The molecule has 0 saturated heterocycles. The fourth-order valence-electron chi connectivity index (χ4n) is 4.95. The van der Waals surface area contributed by atoms with Crippen molar-refractivity contribution in [2.24, 2.45) is 0 Å². The fourth-order valence-corrected chi connectivity index (χ4v) is 5.66. The van der Waals surface area contributed by atoms with Crippen LogP contribution in [-0.2, 0) is 10.0 Å². The molecule has 0 aliphatic rings. The fraction of sp³-hybridized carbons (Fsp3) is 0.129. The molecule has 13 heteroatoms. The van der Waals surface area contributed by atoms with E-state index in [4.69, 9.17) is 20.8 Å². The maximum Gasteiger partial charge on any atom is 0.255 e. The summed E-state index contributed by atoms with van der Waals surface area (Å²) in [6.07, 6.45) is 1.09. The number of nitrogens with zero attached hydrogens (tertiary/aromatic N) is 3. The predicted octanol–water partition coefficient (Wildman–Crippen LogP) is 6.26. The van der Waals surface area contributed by atoms with Gasteiger partial charge in [0.05, 0.1) is 35.2 Å². The number of hydrogen-bond donors (Lipinski definition) is 2. The van der Waals surface area contributed by atoms with Gasteiger partial charge in [-0.2, -0.15) is 4.98 Å². The Hall–Kier alpha value is -4.94. The van der Waals surface area contributed by atoms with Crippen molar-refractivity contribution in [1.29, 1.82) is 0 Å². The van der Waals surface area contributed by atoms with Crippen molar-refractivity contribution in [3.8, 4) is 39.7 Å². The van der Waals surface area contributed by atoms with E-state index in [-0.39, 0.29) is 16.9 Å². The van der Waals surface area contributed by atoms with Crippen molar-refractivity contribution in [3.05, 3.63) is 83.1 Å². The molecule has 0 saturated carbocycles. The van der Waals surface area contributed by atoms with Gasteiger partial charge in [-0.1, -0.05) is 17.7 Å². The molecule has 224 valence electrons. The van der Waals surface area contributed by atoms with Crippen LogP contribution in [0.25, 0.3) is 56.0 Å². The smallest absolute Gasteiger partial charge is 0.255 e. The molecular weight excluding hydrogens is 609 g/mol. The van der Waals surface area contributed by atoms with Gasteiger partial charge in [-0.25, -0.2) is 17.8 Å². The lowest BCUT2D eigenvalue weighted by molar-refractivity contribution is 0.0964. The van der Waals surface area contributed by atoms with E-state index in [1.165, 1.54) is 45.5 Å². The van der Waals surface area contributed by atoms with Crippen molar-refractivity contribution in [2.75, 3.05) is 31.8 Å². The molecule has 6 rings (SSSR count). The van der Waals surface area contributed by atoms with Gasteiger partial charge in [0.1, 0.15) is 23.0 Å². The summed E-state index contributed by atoms with van der Waals surface area (Å²) in [6.45, 7) is 0. The van der Waals surface area contributed by atoms with Gasteiger partial charge < -0.3 is 19.5 Å². The van der Waals surface area contributed by atoms with Crippen LogP contribution in [0.1, 0.15) is 10.4 Å². The van der Waals surface area contributed by atoms with Crippen LogP contribution in [0.3, 0.4) is 0 Å². The van der Waals surface area contributed by atoms with Crippen molar-refractivity contribution in [2.45, 2.75) is 0 Å². The number of methoxy groups -OCH3 is 1. The molecule has 0 spiro atoms. The Morgan fingerprint density at radius 2 is 1.75 bits per heavy atom. The van der Waals surface area contributed by atoms with Crippen molar-refractivity contribution >= 4 is 55.4 Å². The number of imidazole rings is 1. The second-order valence-electron chi connectivity index (χ2n) is 9.99. The lowest BCUT2D eigenvalue weighted by atomic mass is 9.97. The topological polar surface area (TPSA) is 130 Å². The maximum atomic E-state index is 13.7. The van der Waals surface area contributed by atoms with Crippen molar-refractivity contribution < 1.29 is 26.8 Å². The lowest BCUT2D eigenvalue weighted by Crippen LogP contribution is -2.25. The maximum absolute atomic E-state index is 13.7. The summed E-state index contributed by atoms with van der Waals surface area (Å²) in [4.78, 5) is 25.4. The molecule has 0 atom stereocenters. The molecule has 0 fully saturated rings. The number of H-pyrrole nitrogens is 1. The van der Waals surface area contributed by atoms with Crippen LogP contribution < -0.4 is 14.4 Å². The Bertz CT molecular complexity index is 2200. The molecule has 0 bridgehead atoms. The minimum atomic E-state index is -3.72. The van der Waals surface area contributed by atoms with E-state index in [0.29, 0.717) is 61.2 Å². The number of aromatic amines is 1. The number of rotatable bonds is 7. The lowest BCUT2D eigenvalue weighted by Gasteiger charge is -2.21. The van der Waals surface area contributed by atoms with E-state index >= 15 is 0 Å². The van der Waals surface area contributed by atoms with Crippen LogP contribution in [0.4, 0.5) is 10.1 Å². The van der Waals surface area contributed by atoms with Crippen LogP contribution in [0, 0.1) is 5.82 Å². The average Bonchev–Trinajstić information content (AvgIpc) is 3.60. The molecule has 3 aromatic heterocycles. The number of fused-ring (bicyclic) bond motifs is 2. The Morgan fingerprint density at radius 3 is 2.43 bits per heavy atom. The van der Waals surface area contributed by atoms with Gasteiger partial charge in [-0.3, -0.25) is 9.10 Å². The number of carbonyl (C=O) groups is 1. The largest absolute Gasteiger partial charge is 0.481 e. The first kappa shape index (κ1) is 29.1. The van der Waals surface area contributed by atoms with Gasteiger partial charge in [0.2, 0.25) is 15.9 Å². The highest BCUT2D eigenvalue weighted by molar-refractivity contribution is 7.92. The van der Waals surface area contributed by atoms with Crippen molar-refractivity contribution in [1.82, 2.24) is 20.3 Å². The summed E-state index contributed by atoms with van der Waals surface area (Å²) in [7, 11) is 0.712. The molecule has 0 radical (unpaired) electrons. The zero-order chi connectivity index (χ0) is 31.3. The first-order valence-electron chi connectivity index (χ1n) is 13.2. The van der Waals surface area contributed by atoms with Crippen molar-refractivity contribution in [3.63, 3.8) is 0 Å². The zero-order valence-electron chi connectivity index (χ0n) is 23.9. The number of ether oxygens (including phenoxy) is 1. The highest BCUT2D eigenvalue weighted by Crippen LogP contribution is 2.42. The van der Waals surface area contributed by atoms with Crippen LogP contribution in [0.5, 0.6) is 5.88 Å². The van der Waals surface area contributed by atoms with Crippen LogP contribution >= 0.6 is 11.6 Å². The SMILES string of the molecule is CNC(=O)c1c(-c2ccc(F)cc2)oc2cc(N(C)S(C)(=O)=O)c(-c3ccc(Cl)c(-c4nc5nc(OC)ccc5[nH]4)c3)cc12. The number of hydrogen-bond acceptors (Lipinski definition) is 7. The quantitative estimate of drug-likeness (QED) is 0.212. The van der Waals surface area contributed by atoms with E-state index in [2.05, 4.69) is 20.3 Å². The van der Waals surface area contributed by atoms with Gasteiger partial charge in [0, 0.05) is 48.3 Å². The zero-order valence-corrected chi connectivity index (χ0v) is 25.5. The number of nitrogens with one attached hydrogen (secondary N) is 2. The summed E-state index contributed by atoms with van der Waals surface area (Å²) >= 11 is 6.64. The van der Waals surface area contributed by atoms with E-state index in [0.717, 1.165) is 10.6 Å². The number of aromatic nitrogens is 3. The first-order chi connectivity index (χ1) is 21.0. The van der Waals surface area contributed by atoms with Gasteiger partial charge in [-0.15, -0.1) is 0 Å². The Morgan fingerprint density at radius 1 is 1.02 bits per heavy atom. The Balaban J connectivity index is 1.61. The third-order valence-corrected chi connectivity index (χ3v) is 8.79. The van der Waals surface area contributed by atoms with Crippen LogP contribution in [-0.4, -0.2) is 56.7 Å². The van der Waals surface area contributed by atoms with Gasteiger partial charge in [0.25, 0.3) is 5.91 Å². The number of anilines is 1. The van der Waals surface area contributed by atoms with E-state index in [9.17, 15) is 17.6 Å². The standard InChI is InChI=1S/C31H25ClFN5O5S/c1-34-31(39)27-21-14-19(17-7-10-22(32)20(13-17)29-35-23-11-12-26(42-3)36-30(23)37-29)24(38(2)44(4,40)41)15-25(21)43-28(27)16-5-8-18(33)9-6-16/h5-15H,1-4H3,(H,34,39)(H,35,36,37). The molecule has 1 amide bonds. The van der Waals surface area contributed by atoms with E-state index in [1.807, 2.05) is 0 Å². The molecule has 0 unspecified atom stereocenters. The minimum Gasteiger partial charge on any atom is -0.481 e. The van der Waals surface area contributed by atoms with Gasteiger partial charge in [0.15, 0.2) is 5.65 Å². The van der Waals surface area contributed by atoms with Crippen LogP contribution in [0.2, 0.25) is 5.02 Å². The van der Waals surface area contributed by atoms with E-state index in [1.54, 1.807) is 42.5 Å². The number of sulfonamides is 1. The Labute approximate surface area is 256 Å². The van der Waals surface area contributed by atoms with Gasteiger partial charge in [-0.05, 0) is 54.1 Å². The van der Waals surface area contributed by atoms with Gasteiger partial charge >= 0.3 is 0 Å². The Kier molecular flexibility index (Phi) is 7.26. The molecule has 10 nitrogen and oxygen atoms in total. The summed E-state index contributed by atoms with van der Waals surface area (Å²) in [5, 5.41) is 3.46. The molecule has 6 aromatic rings. The molecule has 3 heterocycles. The summed E-state index contributed by atoms with van der Waals surface area (Å²) in [6, 6.07) is 17.5. The summed E-state index contributed by atoms with van der Waals surface area (Å²) in [5.41, 5.74) is 3.98. The minimum absolute atomic E-state index is 0.214. The third-order valence-electron chi connectivity index (χ3n) is 7.27. The number of benzene rings is 3. The number of carbonyl (C=O) groups excluding carboxylic acids is 1. The van der Waals surface area contributed by atoms with E-state index < -0.39 is 21.7 Å². The third kappa shape index (κ3) is 5.12. The van der Waals surface area contributed by atoms with Crippen LogP contribution in [0.15, 0.2) is 71.1 Å². The molecule has 0 aliphatic heterocycles. The second kappa shape index (κ2) is 11.0.